The SMILES string of the molecule is COc1ccc(-c2ccc(SCCCc3ccc4ccccc4c3C(=O)OCc3ccccc3)cc2)cc1. The number of ether oxygens (including phenoxy) is 2. The second-order valence-electron chi connectivity index (χ2n) is 9.09. The van der Waals surface area contributed by atoms with Crippen molar-refractivity contribution in [1.82, 2.24) is 0 Å². The summed E-state index contributed by atoms with van der Waals surface area (Å²) in [5.41, 5.74) is 5.07. The number of aryl methyl sites for hydroxylation is 1. The molecule has 0 fully saturated rings. The number of esters is 1. The van der Waals surface area contributed by atoms with Crippen LogP contribution in [0.25, 0.3) is 21.9 Å². The number of fused-ring (bicyclic) bond motifs is 1. The number of carbonyl (C=O) groups excluding carboxylic acids is 1. The number of benzene rings is 5. The lowest BCUT2D eigenvalue weighted by atomic mass is 9.96. The molecule has 0 saturated carbocycles. The van der Waals surface area contributed by atoms with Crippen LogP contribution in [0.15, 0.2) is 120 Å². The van der Waals surface area contributed by atoms with Crippen molar-refractivity contribution in [2.75, 3.05) is 12.9 Å². The first-order valence-corrected chi connectivity index (χ1v) is 13.8. The number of thioether (sulfide) groups is 1. The fraction of sp³-hybridized carbons (Fsp3) is 0.147. The van der Waals surface area contributed by atoms with Gasteiger partial charge in [-0.25, -0.2) is 4.79 Å². The zero-order chi connectivity index (χ0) is 26.2. The summed E-state index contributed by atoms with van der Waals surface area (Å²) in [6.07, 6.45) is 1.78. The molecule has 0 saturated heterocycles. The summed E-state index contributed by atoms with van der Waals surface area (Å²) >= 11 is 1.84. The average Bonchev–Trinajstić information content (AvgIpc) is 2.98. The molecule has 0 aromatic heterocycles. The quantitative estimate of drug-likeness (QED) is 0.105. The van der Waals surface area contributed by atoms with Gasteiger partial charge in [0.15, 0.2) is 0 Å². The first-order valence-electron chi connectivity index (χ1n) is 12.8. The number of rotatable bonds is 10. The molecular formula is C34H30O3S. The highest BCUT2D eigenvalue weighted by Crippen LogP contribution is 2.28. The highest BCUT2D eigenvalue weighted by Gasteiger charge is 2.17. The Hall–Kier alpha value is -4.02. The molecule has 5 rings (SSSR count). The van der Waals surface area contributed by atoms with Crippen molar-refractivity contribution in [2.24, 2.45) is 0 Å². The maximum atomic E-state index is 13.3. The van der Waals surface area contributed by atoms with Crippen LogP contribution in [0.1, 0.15) is 27.9 Å². The van der Waals surface area contributed by atoms with Gasteiger partial charge in [-0.05, 0) is 75.9 Å². The van der Waals surface area contributed by atoms with E-state index in [9.17, 15) is 4.79 Å². The standard InChI is InChI=1S/C34H30O3S/c1-36-30-19-15-26(16-20-30)27-17-21-31(22-18-27)38-23-7-11-29-14-13-28-10-5-6-12-32(28)33(29)34(35)37-24-25-8-3-2-4-9-25/h2-6,8-10,12-22H,7,11,23-24H2,1H3. The third-order valence-corrected chi connectivity index (χ3v) is 7.67. The summed E-state index contributed by atoms with van der Waals surface area (Å²) in [6, 6.07) is 38.8. The van der Waals surface area contributed by atoms with Crippen LogP contribution >= 0.6 is 11.8 Å². The van der Waals surface area contributed by atoms with Gasteiger partial charge in [-0.15, -0.1) is 11.8 Å². The van der Waals surface area contributed by atoms with E-state index in [0.717, 1.165) is 46.2 Å². The summed E-state index contributed by atoms with van der Waals surface area (Å²) in [5.74, 6) is 1.56. The van der Waals surface area contributed by atoms with Crippen LogP contribution in [0, 0.1) is 0 Å². The molecule has 0 atom stereocenters. The van der Waals surface area contributed by atoms with Crippen LogP contribution in [0.2, 0.25) is 0 Å². The van der Waals surface area contributed by atoms with Gasteiger partial charge in [0, 0.05) is 4.90 Å². The lowest BCUT2D eigenvalue weighted by Crippen LogP contribution is -2.10. The monoisotopic (exact) mass is 518 g/mol. The Labute approximate surface area is 228 Å². The first kappa shape index (κ1) is 25.6. The average molecular weight is 519 g/mol. The van der Waals surface area contributed by atoms with Crippen LogP contribution in [0.5, 0.6) is 5.75 Å². The largest absolute Gasteiger partial charge is 0.497 e. The van der Waals surface area contributed by atoms with Crippen LogP contribution in [0.3, 0.4) is 0 Å². The maximum absolute atomic E-state index is 13.3. The fourth-order valence-electron chi connectivity index (χ4n) is 4.54. The Morgan fingerprint density at radius 1 is 0.737 bits per heavy atom. The molecule has 5 aromatic rings. The van der Waals surface area contributed by atoms with Gasteiger partial charge in [0.25, 0.3) is 0 Å². The summed E-state index contributed by atoms with van der Waals surface area (Å²) in [6.45, 7) is 0.269. The normalized spacial score (nSPS) is 10.9. The van der Waals surface area contributed by atoms with Gasteiger partial charge in [0.05, 0.1) is 12.7 Å². The zero-order valence-corrected chi connectivity index (χ0v) is 22.2. The lowest BCUT2D eigenvalue weighted by molar-refractivity contribution is 0.0474. The molecule has 190 valence electrons. The van der Waals surface area contributed by atoms with Crippen molar-refractivity contribution in [1.29, 1.82) is 0 Å². The van der Waals surface area contributed by atoms with E-state index in [1.54, 1.807) is 7.11 Å². The minimum atomic E-state index is -0.262. The van der Waals surface area contributed by atoms with E-state index < -0.39 is 0 Å². The van der Waals surface area contributed by atoms with E-state index in [1.165, 1.54) is 16.0 Å². The van der Waals surface area contributed by atoms with Gasteiger partial charge in [-0.3, -0.25) is 0 Å². The molecule has 0 amide bonds. The molecule has 4 heteroatoms. The van der Waals surface area contributed by atoms with Crippen molar-refractivity contribution in [3.05, 3.63) is 132 Å². The van der Waals surface area contributed by atoms with Gasteiger partial charge < -0.3 is 9.47 Å². The summed E-state index contributed by atoms with van der Waals surface area (Å²) in [7, 11) is 1.68. The van der Waals surface area contributed by atoms with Gasteiger partial charge in [-0.1, -0.05) is 91.0 Å². The van der Waals surface area contributed by atoms with Gasteiger partial charge in [-0.2, -0.15) is 0 Å². The summed E-state index contributed by atoms with van der Waals surface area (Å²) < 4.78 is 11.0. The highest BCUT2D eigenvalue weighted by molar-refractivity contribution is 7.99. The van der Waals surface area contributed by atoms with Crippen molar-refractivity contribution in [3.8, 4) is 16.9 Å². The molecule has 0 unspecified atom stereocenters. The predicted octanol–water partition coefficient (Wildman–Crippen LogP) is 8.60. The molecule has 0 aliphatic rings. The Bertz CT molecular complexity index is 1490. The number of carbonyl (C=O) groups is 1. The van der Waals surface area contributed by atoms with E-state index in [2.05, 4.69) is 48.5 Å². The third-order valence-electron chi connectivity index (χ3n) is 6.57. The van der Waals surface area contributed by atoms with Crippen molar-refractivity contribution >= 4 is 28.5 Å². The smallest absolute Gasteiger partial charge is 0.339 e. The van der Waals surface area contributed by atoms with E-state index in [4.69, 9.17) is 9.47 Å². The second-order valence-corrected chi connectivity index (χ2v) is 10.3. The Kier molecular flexibility index (Phi) is 8.42. The topological polar surface area (TPSA) is 35.5 Å². The first-order chi connectivity index (χ1) is 18.7. The fourth-order valence-corrected chi connectivity index (χ4v) is 5.39. The van der Waals surface area contributed by atoms with Crippen LogP contribution in [-0.2, 0) is 17.8 Å². The van der Waals surface area contributed by atoms with Crippen molar-refractivity contribution in [3.63, 3.8) is 0 Å². The van der Waals surface area contributed by atoms with E-state index in [1.807, 2.05) is 78.5 Å². The molecule has 0 bridgehead atoms. The third kappa shape index (κ3) is 6.27. The van der Waals surface area contributed by atoms with Crippen molar-refractivity contribution in [2.45, 2.75) is 24.3 Å². The molecule has 3 nitrogen and oxygen atoms in total. The van der Waals surface area contributed by atoms with Gasteiger partial charge >= 0.3 is 5.97 Å². The number of methoxy groups -OCH3 is 1. The van der Waals surface area contributed by atoms with Crippen LogP contribution in [0.4, 0.5) is 0 Å². The second kappa shape index (κ2) is 12.5. The molecule has 0 N–H and O–H groups in total. The zero-order valence-electron chi connectivity index (χ0n) is 21.4. The highest BCUT2D eigenvalue weighted by atomic mass is 32.2. The lowest BCUT2D eigenvalue weighted by Gasteiger charge is -2.13. The predicted molar refractivity (Wildman–Crippen MR) is 157 cm³/mol. The number of hydrogen-bond acceptors (Lipinski definition) is 4. The van der Waals surface area contributed by atoms with E-state index >= 15 is 0 Å². The molecule has 0 aliphatic carbocycles. The van der Waals surface area contributed by atoms with E-state index in [0.29, 0.717) is 5.56 Å². The minimum Gasteiger partial charge on any atom is -0.497 e. The molecule has 0 radical (unpaired) electrons. The molecule has 0 spiro atoms. The maximum Gasteiger partial charge on any atom is 0.339 e. The number of hydrogen-bond donors (Lipinski definition) is 0. The Morgan fingerprint density at radius 3 is 2.16 bits per heavy atom. The van der Waals surface area contributed by atoms with E-state index in [-0.39, 0.29) is 12.6 Å². The molecule has 0 heterocycles. The molecular weight excluding hydrogens is 488 g/mol. The molecule has 0 aliphatic heterocycles. The summed E-state index contributed by atoms with van der Waals surface area (Å²) in [5, 5.41) is 2.00. The molecule has 38 heavy (non-hydrogen) atoms. The Balaban J connectivity index is 1.22. The summed E-state index contributed by atoms with van der Waals surface area (Å²) in [4.78, 5) is 14.5. The van der Waals surface area contributed by atoms with Gasteiger partial charge in [0.1, 0.15) is 12.4 Å². The molecule has 5 aromatic carbocycles. The van der Waals surface area contributed by atoms with Crippen LogP contribution in [-0.4, -0.2) is 18.8 Å². The van der Waals surface area contributed by atoms with Crippen molar-refractivity contribution < 1.29 is 14.3 Å². The minimum absolute atomic E-state index is 0.262. The Morgan fingerprint density at radius 2 is 1.42 bits per heavy atom. The van der Waals surface area contributed by atoms with Crippen LogP contribution < -0.4 is 4.74 Å². The van der Waals surface area contributed by atoms with Gasteiger partial charge in [0.2, 0.25) is 0 Å².